The monoisotopic (exact) mass is 448 g/mol. The van der Waals surface area contributed by atoms with Gasteiger partial charge in [0.1, 0.15) is 0 Å². The summed E-state index contributed by atoms with van der Waals surface area (Å²) in [6, 6.07) is 7.73. The van der Waals surface area contributed by atoms with Gasteiger partial charge in [0.25, 0.3) is 0 Å². The molecule has 28 heavy (non-hydrogen) atoms. The van der Waals surface area contributed by atoms with Crippen LogP contribution in [-0.2, 0) is 4.79 Å². The normalized spacial score (nSPS) is 12.1. The van der Waals surface area contributed by atoms with Gasteiger partial charge in [-0.25, -0.2) is 0 Å². The largest absolute Gasteiger partial charge is 0.481 e. The Morgan fingerprint density at radius 1 is 1.07 bits per heavy atom. The lowest BCUT2D eigenvalue weighted by atomic mass is 10.0. The van der Waals surface area contributed by atoms with Crippen LogP contribution in [-0.4, -0.2) is 28.8 Å². The van der Waals surface area contributed by atoms with Crippen LogP contribution in [0.4, 0.5) is 13.2 Å². The zero-order valence-electron chi connectivity index (χ0n) is 14.3. The summed E-state index contributed by atoms with van der Waals surface area (Å²) in [4.78, 5) is 23.7. The van der Waals surface area contributed by atoms with E-state index in [0.717, 1.165) is 23.9 Å². The molecule has 0 aromatic heterocycles. The predicted octanol–water partition coefficient (Wildman–Crippen LogP) is 6.31. The Bertz CT molecular complexity index is 936. The van der Waals surface area contributed by atoms with E-state index in [2.05, 4.69) is 0 Å². The number of carboxylic acid groups (broad SMARTS) is 1. The molecule has 2 rings (SSSR count). The molecule has 0 fully saturated rings. The second-order valence-electron chi connectivity index (χ2n) is 5.74. The zero-order valence-corrected chi connectivity index (χ0v) is 16.6. The van der Waals surface area contributed by atoms with E-state index in [1.165, 1.54) is 24.3 Å². The Morgan fingerprint density at radius 2 is 1.68 bits per heavy atom. The van der Waals surface area contributed by atoms with Crippen LogP contribution in [0.25, 0.3) is 5.57 Å². The van der Waals surface area contributed by atoms with E-state index < -0.39 is 23.5 Å². The van der Waals surface area contributed by atoms with Crippen LogP contribution in [0.2, 0.25) is 10.0 Å². The molecule has 0 bridgehead atoms. The average Bonchev–Trinajstić information content (AvgIpc) is 2.56. The highest BCUT2D eigenvalue weighted by molar-refractivity contribution is 8.00. The van der Waals surface area contributed by atoms with E-state index in [4.69, 9.17) is 28.3 Å². The molecule has 1 N–H and O–H groups in total. The summed E-state index contributed by atoms with van der Waals surface area (Å²) in [6.07, 6.45) is -4.29. The van der Waals surface area contributed by atoms with E-state index in [-0.39, 0.29) is 26.9 Å². The van der Waals surface area contributed by atoms with Crippen molar-refractivity contribution in [3.63, 3.8) is 0 Å². The summed E-state index contributed by atoms with van der Waals surface area (Å²) in [5, 5.41) is 8.75. The van der Waals surface area contributed by atoms with Gasteiger partial charge in [-0.3, -0.25) is 9.59 Å². The van der Waals surface area contributed by atoms with Crippen molar-refractivity contribution in [2.24, 2.45) is 0 Å². The number of halogens is 5. The van der Waals surface area contributed by atoms with Gasteiger partial charge in [0.15, 0.2) is 5.78 Å². The molecule has 3 nitrogen and oxygen atoms in total. The fourth-order valence-electron chi connectivity index (χ4n) is 2.36. The van der Waals surface area contributed by atoms with Crippen LogP contribution < -0.4 is 0 Å². The standard InChI is InChI=1S/C19H13Cl2F3O3S/c1-10-4-11(2-3-17(10)28-9-18(26)27)16(25)8-15(19(22,23)24)12-5-13(20)7-14(21)6-12/h2-8H,9H2,1H3,(H,26,27)/b15-8+. The van der Waals surface area contributed by atoms with Gasteiger partial charge >= 0.3 is 12.1 Å². The van der Waals surface area contributed by atoms with Gasteiger partial charge in [-0.1, -0.05) is 23.2 Å². The number of carboxylic acids is 1. The lowest BCUT2D eigenvalue weighted by molar-refractivity contribution is -0.133. The van der Waals surface area contributed by atoms with Crippen LogP contribution in [0.15, 0.2) is 47.4 Å². The van der Waals surface area contributed by atoms with Gasteiger partial charge in [-0.2, -0.15) is 13.2 Å². The van der Waals surface area contributed by atoms with Crippen molar-refractivity contribution in [1.29, 1.82) is 0 Å². The first-order chi connectivity index (χ1) is 13.0. The van der Waals surface area contributed by atoms with E-state index in [0.29, 0.717) is 16.5 Å². The molecule has 0 aliphatic rings. The summed E-state index contributed by atoms with van der Waals surface area (Å²) < 4.78 is 40.5. The maximum atomic E-state index is 13.5. The molecule has 2 aromatic rings. The first-order valence-electron chi connectivity index (χ1n) is 7.72. The average molecular weight is 449 g/mol. The van der Waals surface area contributed by atoms with E-state index >= 15 is 0 Å². The third-order valence-electron chi connectivity index (χ3n) is 3.56. The highest BCUT2D eigenvalue weighted by Crippen LogP contribution is 2.36. The number of hydrogen-bond donors (Lipinski definition) is 1. The van der Waals surface area contributed by atoms with E-state index in [1.54, 1.807) is 6.92 Å². The molecule has 0 amide bonds. The Kier molecular flexibility index (Phi) is 7.20. The highest BCUT2D eigenvalue weighted by Gasteiger charge is 2.35. The Morgan fingerprint density at radius 3 is 2.18 bits per heavy atom. The molecular weight excluding hydrogens is 436 g/mol. The van der Waals surface area contributed by atoms with Crippen LogP contribution in [0, 0.1) is 6.92 Å². The zero-order chi connectivity index (χ0) is 21.1. The minimum absolute atomic E-state index is 0.0146. The maximum absolute atomic E-state index is 13.5. The van der Waals surface area contributed by atoms with Crippen molar-refractivity contribution in [3.05, 3.63) is 69.2 Å². The predicted molar refractivity (Wildman–Crippen MR) is 104 cm³/mol. The number of aryl methyl sites for hydroxylation is 1. The number of rotatable bonds is 6. The molecular formula is C19H13Cl2F3O3S. The molecule has 148 valence electrons. The lowest BCUT2D eigenvalue weighted by Crippen LogP contribution is -2.13. The molecule has 2 aromatic carbocycles. The number of carbonyl (C=O) groups is 2. The van der Waals surface area contributed by atoms with Crippen LogP contribution in [0.1, 0.15) is 21.5 Å². The first-order valence-corrected chi connectivity index (χ1v) is 9.46. The Labute approximate surface area is 173 Å². The lowest BCUT2D eigenvalue weighted by Gasteiger charge is -2.13. The van der Waals surface area contributed by atoms with Crippen molar-refractivity contribution in [1.82, 2.24) is 0 Å². The molecule has 0 saturated carbocycles. The van der Waals surface area contributed by atoms with Crippen molar-refractivity contribution in [2.45, 2.75) is 18.0 Å². The smallest absolute Gasteiger partial charge is 0.417 e. The van der Waals surface area contributed by atoms with Gasteiger partial charge in [0.2, 0.25) is 0 Å². The second kappa shape index (κ2) is 9.03. The van der Waals surface area contributed by atoms with Gasteiger partial charge < -0.3 is 5.11 Å². The minimum atomic E-state index is -4.80. The fraction of sp³-hybridized carbons (Fsp3) is 0.158. The molecule has 0 spiro atoms. The number of ketones is 1. The van der Waals surface area contributed by atoms with E-state index in [9.17, 15) is 22.8 Å². The molecule has 0 unspecified atom stereocenters. The summed E-state index contributed by atoms with van der Waals surface area (Å²) in [5.41, 5.74) is -0.843. The number of hydrogen-bond acceptors (Lipinski definition) is 3. The molecule has 0 aliphatic heterocycles. The van der Waals surface area contributed by atoms with Crippen molar-refractivity contribution >= 4 is 52.3 Å². The minimum Gasteiger partial charge on any atom is -0.481 e. The maximum Gasteiger partial charge on any atom is 0.417 e. The molecule has 0 aliphatic carbocycles. The van der Waals surface area contributed by atoms with Crippen LogP contribution >= 0.6 is 35.0 Å². The summed E-state index contributed by atoms with van der Waals surface area (Å²) >= 11 is 12.6. The van der Waals surface area contributed by atoms with Crippen LogP contribution in [0.5, 0.6) is 0 Å². The Balaban J connectivity index is 2.40. The summed E-state index contributed by atoms with van der Waals surface area (Å²) in [7, 11) is 0. The number of allylic oxidation sites excluding steroid dienone is 2. The van der Waals surface area contributed by atoms with Gasteiger partial charge in [0, 0.05) is 20.5 Å². The molecule has 0 saturated heterocycles. The number of carbonyl (C=O) groups excluding carboxylic acids is 1. The van der Waals surface area contributed by atoms with Crippen molar-refractivity contribution in [2.75, 3.05) is 5.75 Å². The Hall–Kier alpha value is -1.96. The van der Waals surface area contributed by atoms with Crippen molar-refractivity contribution in [3.8, 4) is 0 Å². The summed E-state index contributed by atoms with van der Waals surface area (Å²) in [6.45, 7) is 1.64. The second-order valence-corrected chi connectivity index (χ2v) is 7.63. The van der Waals surface area contributed by atoms with Gasteiger partial charge in [-0.15, -0.1) is 11.8 Å². The van der Waals surface area contributed by atoms with E-state index in [1.807, 2.05) is 0 Å². The molecule has 0 radical (unpaired) electrons. The SMILES string of the molecule is Cc1cc(C(=O)/C=C(\c2cc(Cl)cc(Cl)c2)C(F)(F)F)ccc1SCC(=O)O. The third-order valence-corrected chi connectivity index (χ3v) is 5.16. The highest BCUT2D eigenvalue weighted by atomic mass is 35.5. The quantitative estimate of drug-likeness (QED) is 0.319. The number of aliphatic carboxylic acids is 1. The molecule has 0 heterocycles. The van der Waals surface area contributed by atoms with Gasteiger partial charge in [0.05, 0.1) is 11.3 Å². The molecule has 9 heteroatoms. The fourth-order valence-corrected chi connectivity index (χ4v) is 3.61. The summed E-state index contributed by atoms with van der Waals surface area (Å²) in [5.74, 6) is -2.01. The molecule has 0 atom stereocenters. The van der Waals surface area contributed by atoms with Crippen LogP contribution in [0.3, 0.4) is 0 Å². The topological polar surface area (TPSA) is 54.4 Å². The van der Waals surface area contributed by atoms with Crippen molar-refractivity contribution < 1.29 is 27.9 Å². The number of benzene rings is 2. The third kappa shape index (κ3) is 6.02. The van der Waals surface area contributed by atoms with Gasteiger partial charge in [-0.05, 0) is 60.5 Å². The number of thioether (sulfide) groups is 1. The first kappa shape index (κ1) is 22.3. The number of alkyl halides is 3.